The van der Waals surface area contributed by atoms with E-state index < -0.39 is 0 Å². The summed E-state index contributed by atoms with van der Waals surface area (Å²) in [5, 5.41) is 3.98. The number of anilines is 1. The van der Waals surface area contributed by atoms with Crippen molar-refractivity contribution in [2.24, 2.45) is 0 Å². The second-order valence-electron chi connectivity index (χ2n) is 4.83. The minimum Gasteiger partial charge on any atom is -0.380 e. The molecule has 1 amide bonds. The molecule has 0 saturated heterocycles. The molecule has 2 aromatic carbocycles. The first kappa shape index (κ1) is 15.9. The fourth-order valence-electron chi connectivity index (χ4n) is 1.93. The van der Waals surface area contributed by atoms with E-state index in [1.807, 2.05) is 42.5 Å². The maximum atomic E-state index is 12.2. The second-order valence-corrected chi connectivity index (χ2v) is 6.13. The quantitative estimate of drug-likeness (QED) is 0.868. The number of amides is 1. The minimum atomic E-state index is -0.0248. The van der Waals surface area contributed by atoms with Gasteiger partial charge in [-0.3, -0.25) is 4.79 Å². The topological polar surface area (TPSA) is 32.3 Å². The monoisotopic (exact) mass is 366 g/mol. The fraction of sp³-hybridized carbons (Fsp3) is 0.188. The molecule has 0 aliphatic heterocycles. The van der Waals surface area contributed by atoms with E-state index in [0.717, 1.165) is 15.7 Å². The van der Waals surface area contributed by atoms with Crippen molar-refractivity contribution in [1.82, 2.24) is 4.90 Å². The molecular weight excluding hydrogens is 352 g/mol. The third-order valence-corrected chi connectivity index (χ3v) is 4.05. The van der Waals surface area contributed by atoms with E-state index in [2.05, 4.69) is 21.2 Å². The van der Waals surface area contributed by atoms with E-state index in [0.29, 0.717) is 17.1 Å². The van der Waals surface area contributed by atoms with Gasteiger partial charge in [-0.1, -0.05) is 39.7 Å². The normalized spacial score (nSPS) is 10.3. The van der Waals surface area contributed by atoms with Crippen molar-refractivity contribution in [2.45, 2.75) is 6.54 Å². The van der Waals surface area contributed by atoms with E-state index in [4.69, 9.17) is 11.6 Å². The van der Waals surface area contributed by atoms with Crippen LogP contribution in [0.3, 0.4) is 0 Å². The van der Waals surface area contributed by atoms with Gasteiger partial charge in [-0.05, 0) is 35.9 Å². The molecule has 0 aromatic heterocycles. The smallest absolute Gasteiger partial charge is 0.255 e. The van der Waals surface area contributed by atoms with Gasteiger partial charge in [-0.2, -0.15) is 0 Å². The second kappa shape index (κ2) is 6.96. The third-order valence-electron chi connectivity index (χ3n) is 3.04. The zero-order valence-electron chi connectivity index (χ0n) is 11.9. The summed E-state index contributed by atoms with van der Waals surface area (Å²) >= 11 is 9.51. The van der Waals surface area contributed by atoms with Crippen LogP contribution < -0.4 is 5.32 Å². The van der Waals surface area contributed by atoms with Crippen LogP contribution in [0.4, 0.5) is 5.69 Å². The van der Waals surface area contributed by atoms with E-state index >= 15 is 0 Å². The molecule has 0 atom stereocenters. The van der Waals surface area contributed by atoms with Crippen molar-refractivity contribution >= 4 is 39.1 Å². The Morgan fingerprint density at radius 2 is 1.95 bits per heavy atom. The molecule has 0 aliphatic carbocycles. The summed E-state index contributed by atoms with van der Waals surface area (Å²) in [7, 11) is 3.49. The maximum Gasteiger partial charge on any atom is 0.255 e. The number of carbonyl (C=O) groups excluding carboxylic acids is 1. The molecule has 0 fully saturated rings. The number of carbonyl (C=O) groups is 1. The molecule has 3 nitrogen and oxygen atoms in total. The van der Waals surface area contributed by atoms with Gasteiger partial charge < -0.3 is 10.2 Å². The summed E-state index contributed by atoms with van der Waals surface area (Å²) in [5.74, 6) is -0.0248. The SMILES string of the molecule is CN(C)C(=O)c1ccccc1NCc1cc(Cl)ccc1Br. The highest BCUT2D eigenvalue weighted by atomic mass is 79.9. The summed E-state index contributed by atoms with van der Waals surface area (Å²) in [4.78, 5) is 13.7. The molecule has 0 unspecified atom stereocenters. The average molecular weight is 368 g/mol. The Kier molecular flexibility index (Phi) is 5.26. The van der Waals surface area contributed by atoms with Crippen LogP contribution in [0.1, 0.15) is 15.9 Å². The summed E-state index contributed by atoms with van der Waals surface area (Å²) in [6, 6.07) is 13.1. The molecule has 21 heavy (non-hydrogen) atoms. The highest BCUT2D eigenvalue weighted by Gasteiger charge is 2.12. The number of nitrogens with one attached hydrogen (secondary N) is 1. The molecule has 0 heterocycles. The standard InChI is InChI=1S/C16H16BrClN2O/c1-20(2)16(21)13-5-3-4-6-15(13)19-10-11-9-12(18)7-8-14(11)17/h3-9,19H,10H2,1-2H3. The number of halogens is 2. The summed E-state index contributed by atoms with van der Waals surface area (Å²) in [6.45, 7) is 0.582. The van der Waals surface area contributed by atoms with Crippen LogP contribution in [0.5, 0.6) is 0 Å². The van der Waals surface area contributed by atoms with Crippen LogP contribution in [0.2, 0.25) is 5.02 Å². The van der Waals surface area contributed by atoms with Crippen LogP contribution in [-0.4, -0.2) is 24.9 Å². The van der Waals surface area contributed by atoms with E-state index in [9.17, 15) is 4.79 Å². The van der Waals surface area contributed by atoms with Gasteiger partial charge in [0.15, 0.2) is 0 Å². The summed E-state index contributed by atoms with van der Waals surface area (Å²) in [5.41, 5.74) is 2.50. The van der Waals surface area contributed by atoms with Gasteiger partial charge in [-0.25, -0.2) is 0 Å². The molecule has 2 aromatic rings. The lowest BCUT2D eigenvalue weighted by Gasteiger charge is -2.15. The first-order valence-electron chi connectivity index (χ1n) is 6.47. The Bertz CT molecular complexity index is 658. The number of rotatable bonds is 4. The number of hydrogen-bond donors (Lipinski definition) is 1. The lowest BCUT2D eigenvalue weighted by atomic mass is 10.1. The molecule has 0 aliphatic rings. The van der Waals surface area contributed by atoms with Crippen molar-refractivity contribution in [2.75, 3.05) is 19.4 Å². The Morgan fingerprint density at radius 3 is 2.67 bits per heavy atom. The molecule has 0 radical (unpaired) electrons. The molecule has 1 N–H and O–H groups in total. The first-order valence-corrected chi connectivity index (χ1v) is 7.64. The molecule has 2 rings (SSSR count). The third kappa shape index (κ3) is 3.99. The lowest BCUT2D eigenvalue weighted by molar-refractivity contribution is 0.0828. The zero-order valence-corrected chi connectivity index (χ0v) is 14.2. The van der Waals surface area contributed by atoms with Gasteiger partial charge in [0.25, 0.3) is 5.91 Å². The van der Waals surface area contributed by atoms with E-state index in [-0.39, 0.29) is 5.91 Å². The van der Waals surface area contributed by atoms with Gasteiger partial charge in [-0.15, -0.1) is 0 Å². The Hall–Kier alpha value is -1.52. The summed E-state index contributed by atoms with van der Waals surface area (Å²) < 4.78 is 0.982. The Labute approximate surface area is 138 Å². The van der Waals surface area contributed by atoms with Crippen molar-refractivity contribution in [3.63, 3.8) is 0 Å². The number of hydrogen-bond acceptors (Lipinski definition) is 2. The van der Waals surface area contributed by atoms with E-state index in [1.54, 1.807) is 19.0 Å². The largest absolute Gasteiger partial charge is 0.380 e. The van der Waals surface area contributed by atoms with E-state index in [1.165, 1.54) is 0 Å². The minimum absolute atomic E-state index is 0.0248. The van der Waals surface area contributed by atoms with Crippen LogP contribution in [0.15, 0.2) is 46.9 Å². The predicted molar refractivity (Wildman–Crippen MR) is 90.9 cm³/mol. The van der Waals surface area contributed by atoms with Gasteiger partial charge in [0.05, 0.1) is 5.56 Å². The van der Waals surface area contributed by atoms with Gasteiger partial charge in [0.1, 0.15) is 0 Å². The van der Waals surface area contributed by atoms with Crippen molar-refractivity contribution in [3.8, 4) is 0 Å². The first-order chi connectivity index (χ1) is 9.99. The maximum absolute atomic E-state index is 12.2. The molecule has 110 valence electrons. The Morgan fingerprint density at radius 1 is 1.24 bits per heavy atom. The Balaban J connectivity index is 2.21. The molecular formula is C16H16BrClN2O. The predicted octanol–water partition coefficient (Wildman–Crippen LogP) is 4.42. The van der Waals surface area contributed by atoms with Crippen molar-refractivity contribution in [3.05, 3.63) is 63.1 Å². The molecule has 5 heteroatoms. The number of benzene rings is 2. The number of para-hydroxylation sites is 1. The average Bonchev–Trinajstić information content (AvgIpc) is 2.47. The molecule has 0 saturated carbocycles. The summed E-state index contributed by atoms with van der Waals surface area (Å²) in [6.07, 6.45) is 0. The van der Waals surface area contributed by atoms with Crippen molar-refractivity contribution in [1.29, 1.82) is 0 Å². The van der Waals surface area contributed by atoms with Gasteiger partial charge in [0.2, 0.25) is 0 Å². The van der Waals surface area contributed by atoms with Crippen LogP contribution in [0, 0.1) is 0 Å². The number of nitrogens with zero attached hydrogens (tertiary/aromatic N) is 1. The highest BCUT2D eigenvalue weighted by Crippen LogP contribution is 2.23. The van der Waals surface area contributed by atoms with Gasteiger partial charge >= 0.3 is 0 Å². The lowest BCUT2D eigenvalue weighted by Crippen LogP contribution is -2.22. The van der Waals surface area contributed by atoms with Crippen LogP contribution in [0.25, 0.3) is 0 Å². The van der Waals surface area contributed by atoms with Crippen LogP contribution >= 0.6 is 27.5 Å². The van der Waals surface area contributed by atoms with Crippen LogP contribution in [-0.2, 0) is 6.54 Å². The van der Waals surface area contributed by atoms with Gasteiger partial charge in [0, 0.05) is 35.8 Å². The highest BCUT2D eigenvalue weighted by molar-refractivity contribution is 9.10. The van der Waals surface area contributed by atoms with Crippen molar-refractivity contribution < 1.29 is 4.79 Å². The fourth-order valence-corrected chi connectivity index (χ4v) is 2.52. The molecule has 0 bridgehead atoms. The molecule has 0 spiro atoms. The zero-order chi connectivity index (χ0) is 15.4.